The van der Waals surface area contributed by atoms with Crippen molar-refractivity contribution < 1.29 is 23.9 Å². The van der Waals surface area contributed by atoms with Crippen LogP contribution >= 0.6 is 0 Å². The molecule has 4 unspecified atom stereocenters. The summed E-state index contributed by atoms with van der Waals surface area (Å²) < 4.78 is 5.46. The largest absolute Gasteiger partial charge is 0.361 e. The molecule has 1 aliphatic heterocycles. The van der Waals surface area contributed by atoms with Crippen molar-refractivity contribution in [3.8, 4) is 0 Å². The topological polar surface area (TPSA) is 133 Å². The molecule has 2 aromatic carbocycles. The van der Waals surface area contributed by atoms with Crippen LogP contribution < -0.4 is 16.0 Å². The Labute approximate surface area is 263 Å². The molecule has 9 nitrogen and oxygen atoms in total. The summed E-state index contributed by atoms with van der Waals surface area (Å²) in [6.07, 6.45) is 7.43. The van der Waals surface area contributed by atoms with Gasteiger partial charge in [0.2, 0.25) is 17.7 Å². The number of hydrogen-bond acceptors (Lipinski definition) is 5. The number of allylic oxidation sites excluding steroid dienone is 1. The van der Waals surface area contributed by atoms with Gasteiger partial charge in [0.1, 0.15) is 17.7 Å². The number of carbonyl (C=O) groups excluding carboxylic acids is 4. The molecule has 2 aliphatic carbocycles. The van der Waals surface area contributed by atoms with E-state index >= 15 is 0 Å². The number of Topliss-reactive ketones (excluding diaryl/α,β-unsaturated/α-hetero) is 1. The Morgan fingerprint density at radius 2 is 1.64 bits per heavy atom. The second-order valence-electron chi connectivity index (χ2n) is 13.1. The molecule has 2 heterocycles. The van der Waals surface area contributed by atoms with E-state index in [1.54, 1.807) is 13.8 Å². The van der Waals surface area contributed by atoms with E-state index in [2.05, 4.69) is 20.9 Å². The number of benzene rings is 2. The number of fused-ring (bicyclic) bond motifs is 2. The standard InChI is InChI=1S/C36H42N4O5/c1-21-26-13-7-6-12-24(26)17-28(21)34(43)38-22(2)33(42)40-31(18-25-19-37-29-15-9-8-14-27(25)29)35(44)39-30(16-23-10-4-5-11-23)32(41)36(3)20-45-36/h6-9,12-15,19,22-23,30-31,37H,4-5,10-11,16-18,20H2,1-3H3,(H,38,43)(H,39,44)(H,40,42). The van der Waals surface area contributed by atoms with Crippen LogP contribution in [0.5, 0.6) is 0 Å². The van der Waals surface area contributed by atoms with Crippen molar-refractivity contribution >= 4 is 40.0 Å². The van der Waals surface area contributed by atoms with Crippen LogP contribution in [-0.4, -0.2) is 58.8 Å². The van der Waals surface area contributed by atoms with Crippen molar-refractivity contribution in [3.05, 3.63) is 77.0 Å². The predicted octanol–water partition coefficient (Wildman–Crippen LogP) is 4.15. The van der Waals surface area contributed by atoms with E-state index in [1.165, 1.54) is 0 Å². The first-order valence-corrected chi connectivity index (χ1v) is 16.1. The normalized spacial score (nSPS) is 21.2. The number of H-pyrrole nitrogens is 1. The van der Waals surface area contributed by atoms with Crippen LogP contribution in [0.4, 0.5) is 0 Å². The molecular weight excluding hydrogens is 568 g/mol. The van der Waals surface area contributed by atoms with E-state index in [-0.39, 0.29) is 18.1 Å². The summed E-state index contributed by atoms with van der Waals surface area (Å²) in [5.74, 6) is -0.977. The number of amides is 3. The van der Waals surface area contributed by atoms with Crippen LogP contribution in [0.15, 0.2) is 60.3 Å². The summed E-state index contributed by atoms with van der Waals surface area (Å²) in [5.41, 5.74) is 4.57. The molecule has 0 spiro atoms. The molecule has 4 atom stereocenters. The molecule has 1 aromatic heterocycles. The zero-order valence-electron chi connectivity index (χ0n) is 26.2. The molecule has 2 fully saturated rings. The summed E-state index contributed by atoms with van der Waals surface area (Å²) in [5, 5.41) is 9.69. The van der Waals surface area contributed by atoms with E-state index < -0.39 is 35.5 Å². The Kier molecular flexibility index (Phi) is 8.64. The van der Waals surface area contributed by atoms with Gasteiger partial charge in [0.15, 0.2) is 5.78 Å². The Bertz CT molecular complexity index is 1660. The molecule has 236 valence electrons. The maximum absolute atomic E-state index is 14.0. The second-order valence-corrected chi connectivity index (χ2v) is 13.1. The number of epoxide rings is 1. The molecule has 0 radical (unpaired) electrons. The van der Waals surface area contributed by atoms with E-state index in [9.17, 15) is 19.2 Å². The van der Waals surface area contributed by atoms with Gasteiger partial charge in [0.25, 0.3) is 0 Å². The number of ketones is 1. The smallest absolute Gasteiger partial charge is 0.248 e. The lowest BCUT2D eigenvalue weighted by molar-refractivity contribution is -0.134. The number of rotatable bonds is 12. The van der Waals surface area contributed by atoms with Crippen LogP contribution in [-0.2, 0) is 36.8 Å². The molecule has 3 aromatic rings. The summed E-state index contributed by atoms with van der Waals surface area (Å²) in [7, 11) is 0. The van der Waals surface area contributed by atoms with Gasteiger partial charge in [-0.2, -0.15) is 0 Å². The van der Waals surface area contributed by atoms with Gasteiger partial charge in [-0.25, -0.2) is 0 Å². The predicted molar refractivity (Wildman–Crippen MR) is 172 cm³/mol. The first-order valence-electron chi connectivity index (χ1n) is 16.1. The monoisotopic (exact) mass is 610 g/mol. The van der Waals surface area contributed by atoms with Crippen molar-refractivity contribution in [3.63, 3.8) is 0 Å². The van der Waals surface area contributed by atoms with E-state index in [0.29, 0.717) is 30.9 Å². The van der Waals surface area contributed by atoms with Gasteiger partial charge < -0.3 is 25.7 Å². The highest BCUT2D eigenvalue weighted by atomic mass is 16.6. The minimum atomic E-state index is -0.973. The lowest BCUT2D eigenvalue weighted by Gasteiger charge is -2.26. The summed E-state index contributed by atoms with van der Waals surface area (Å²) in [6, 6.07) is 13.1. The fourth-order valence-electron chi connectivity index (χ4n) is 6.85. The number of para-hydroxylation sites is 1. The SMILES string of the molecule is CC1=C(C(=O)NC(C)C(=O)NC(Cc2c[nH]c3ccccc23)C(=O)NC(CC2CCCC2)C(=O)C2(C)CO2)Cc2ccccc21. The van der Waals surface area contributed by atoms with Gasteiger partial charge in [-0.05, 0) is 61.4 Å². The lowest BCUT2D eigenvalue weighted by Crippen LogP contribution is -2.57. The van der Waals surface area contributed by atoms with Crippen LogP contribution in [0.25, 0.3) is 16.5 Å². The molecule has 6 rings (SSSR count). The van der Waals surface area contributed by atoms with Gasteiger partial charge in [0, 0.05) is 35.5 Å². The highest BCUT2D eigenvalue weighted by Crippen LogP contribution is 2.34. The third-order valence-electron chi connectivity index (χ3n) is 9.76. The number of aromatic nitrogens is 1. The van der Waals surface area contributed by atoms with Crippen LogP contribution in [0.2, 0.25) is 0 Å². The van der Waals surface area contributed by atoms with Crippen molar-refractivity contribution in [2.24, 2.45) is 5.92 Å². The molecule has 9 heteroatoms. The minimum absolute atomic E-state index is 0.123. The van der Waals surface area contributed by atoms with Gasteiger partial charge in [-0.1, -0.05) is 68.1 Å². The minimum Gasteiger partial charge on any atom is -0.361 e. The third kappa shape index (κ3) is 6.59. The van der Waals surface area contributed by atoms with E-state index in [4.69, 9.17) is 4.74 Å². The highest BCUT2D eigenvalue weighted by molar-refractivity contribution is 6.05. The quantitative estimate of drug-likeness (QED) is 0.229. The van der Waals surface area contributed by atoms with Crippen molar-refractivity contribution in [1.29, 1.82) is 0 Å². The fraction of sp³-hybridized carbons (Fsp3) is 0.444. The number of ether oxygens (including phenoxy) is 1. The number of nitrogens with one attached hydrogen (secondary N) is 4. The van der Waals surface area contributed by atoms with Gasteiger partial charge in [-0.15, -0.1) is 0 Å². The van der Waals surface area contributed by atoms with Crippen LogP contribution in [0, 0.1) is 5.92 Å². The third-order valence-corrected chi connectivity index (χ3v) is 9.76. The maximum Gasteiger partial charge on any atom is 0.248 e. The molecule has 3 amide bonds. The molecule has 1 saturated carbocycles. The maximum atomic E-state index is 14.0. The van der Waals surface area contributed by atoms with Gasteiger partial charge in [0.05, 0.1) is 12.6 Å². The molecular formula is C36H42N4O5. The zero-order valence-corrected chi connectivity index (χ0v) is 26.2. The molecule has 4 N–H and O–H groups in total. The Morgan fingerprint density at radius 3 is 2.38 bits per heavy atom. The molecule has 45 heavy (non-hydrogen) atoms. The van der Waals surface area contributed by atoms with E-state index in [1.807, 2.05) is 61.7 Å². The number of carbonyl (C=O) groups is 4. The first kappa shape index (κ1) is 30.8. The number of aromatic amines is 1. The molecule has 0 bridgehead atoms. The Balaban J connectivity index is 1.19. The van der Waals surface area contributed by atoms with Crippen LogP contribution in [0.3, 0.4) is 0 Å². The Morgan fingerprint density at radius 1 is 0.956 bits per heavy atom. The van der Waals surface area contributed by atoms with Crippen molar-refractivity contribution in [1.82, 2.24) is 20.9 Å². The number of hydrogen-bond donors (Lipinski definition) is 4. The molecule has 3 aliphatic rings. The van der Waals surface area contributed by atoms with Crippen molar-refractivity contribution in [2.45, 2.75) is 89.4 Å². The van der Waals surface area contributed by atoms with Gasteiger partial charge >= 0.3 is 0 Å². The molecule has 1 saturated heterocycles. The summed E-state index contributed by atoms with van der Waals surface area (Å²) >= 11 is 0. The first-order chi connectivity index (χ1) is 21.6. The van der Waals surface area contributed by atoms with Crippen LogP contribution in [0.1, 0.15) is 69.6 Å². The van der Waals surface area contributed by atoms with E-state index in [0.717, 1.165) is 58.8 Å². The lowest BCUT2D eigenvalue weighted by atomic mass is 9.90. The van der Waals surface area contributed by atoms with Gasteiger partial charge in [-0.3, -0.25) is 19.2 Å². The summed E-state index contributed by atoms with van der Waals surface area (Å²) in [4.78, 5) is 57.5. The summed E-state index contributed by atoms with van der Waals surface area (Å²) in [6.45, 7) is 5.64. The fourth-order valence-corrected chi connectivity index (χ4v) is 6.85. The highest BCUT2D eigenvalue weighted by Gasteiger charge is 2.50. The Hall–Kier alpha value is -4.24. The average molecular weight is 611 g/mol. The second kappa shape index (κ2) is 12.6. The average Bonchev–Trinajstić information content (AvgIpc) is 3.35. The van der Waals surface area contributed by atoms with Crippen molar-refractivity contribution in [2.75, 3.05) is 6.61 Å². The zero-order chi connectivity index (χ0) is 31.7.